The summed E-state index contributed by atoms with van der Waals surface area (Å²) >= 11 is 0. The molecule has 64 valence electrons. The predicted octanol–water partition coefficient (Wildman–Crippen LogP) is 0.853. The monoisotopic (exact) mass is 155 g/mol. The van der Waals surface area contributed by atoms with Gasteiger partial charge in [0.2, 0.25) is 0 Å². The molecule has 1 saturated carbocycles. The van der Waals surface area contributed by atoms with Gasteiger partial charge in [-0.2, -0.15) is 0 Å². The third-order valence-corrected chi connectivity index (χ3v) is 3.15. The van der Waals surface area contributed by atoms with Crippen molar-refractivity contribution in [3.63, 3.8) is 0 Å². The van der Waals surface area contributed by atoms with Gasteiger partial charge in [0.1, 0.15) is 0 Å². The van der Waals surface area contributed by atoms with Gasteiger partial charge in [-0.15, -0.1) is 0 Å². The van der Waals surface area contributed by atoms with Crippen LogP contribution in [-0.2, 0) is 0 Å². The molecule has 0 radical (unpaired) electrons. The Hall–Kier alpha value is -0.0800. The summed E-state index contributed by atoms with van der Waals surface area (Å²) in [5.41, 5.74) is -0.241. The van der Waals surface area contributed by atoms with Crippen molar-refractivity contribution in [1.82, 2.24) is 4.90 Å². The standard InChI is InChI=1S/C9H17NO/c1-10-6-2-3-8(7-10)9(11)4-5-9/h8,11H,2-7H2,1H3/t8-/m0/s1. The number of piperidine rings is 1. The van der Waals surface area contributed by atoms with E-state index >= 15 is 0 Å². The highest BCUT2D eigenvalue weighted by Gasteiger charge is 2.48. The first-order valence-corrected chi connectivity index (χ1v) is 4.62. The molecule has 1 N–H and O–H groups in total. The van der Waals surface area contributed by atoms with Crippen LogP contribution in [0.3, 0.4) is 0 Å². The topological polar surface area (TPSA) is 23.5 Å². The molecule has 1 aliphatic carbocycles. The van der Waals surface area contributed by atoms with Crippen molar-refractivity contribution in [2.75, 3.05) is 20.1 Å². The maximum absolute atomic E-state index is 9.84. The van der Waals surface area contributed by atoms with E-state index in [-0.39, 0.29) is 5.60 Å². The molecule has 1 saturated heterocycles. The van der Waals surface area contributed by atoms with Crippen molar-refractivity contribution in [3.05, 3.63) is 0 Å². The van der Waals surface area contributed by atoms with Crippen molar-refractivity contribution in [2.24, 2.45) is 5.92 Å². The van der Waals surface area contributed by atoms with Crippen LogP contribution in [0.1, 0.15) is 25.7 Å². The molecule has 0 aromatic carbocycles. The molecule has 2 nitrogen and oxygen atoms in total. The molecule has 0 unspecified atom stereocenters. The van der Waals surface area contributed by atoms with Crippen LogP contribution in [0.5, 0.6) is 0 Å². The van der Waals surface area contributed by atoms with E-state index in [9.17, 15) is 5.11 Å². The van der Waals surface area contributed by atoms with E-state index in [2.05, 4.69) is 11.9 Å². The number of hydrogen-bond donors (Lipinski definition) is 1. The largest absolute Gasteiger partial charge is 0.390 e. The smallest absolute Gasteiger partial charge is 0.0690 e. The Morgan fingerprint density at radius 1 is 1.45 bits per heavy atom. The molecule has 11 heavy (non-hydrogen) atoms. The van der Waals surface area contributed by atoms with Crippen LogP contribution in [0.15, 0.2) is 0 Å². The minimum absolute atomic E-state index is 0.241. The van der Waals surface area contributed by atoms with E-state index in [1.165, 1.54) is 19.4 Å². The zero-order valence-corrected chi connectivity index (χ0v) is 7.21. The van der Waals surface area contributed by atoms with Gasteiger partial charge in [-0.1, -0.05) is 0 Å². The normalized spacial score (nSPS) is 37.1. The molecule has 1 aliphatic heterocycles. The maximum Gasteiger partial charge on any atom is 0.0690 e. The highest BCUT2D eigenvalue weighted by atomic mass is 16.3. The van der Waals surface area contributed by atoms with Gasteiger partial charge in [0.05, 0.1) is 5.60 Å². The number of aliphatic hydroxyl groups is 1. The van der Waals surface area contributed by atoms with Gasteiger partial charge in [0.25, 0.3) is 0 Å². The van der Waals surface area contributed by atoms with Gasteiger partial charge in [0, 0.05) is 12.5 Å². The predicted molar refractivity (Wildman–Crippen MR) is 44.4 cm³/mol. The number of nitrogens with zero attached hydrogens (tertiary/aromatic N) is 1. The average molecular weight is 155 g/mol. The lowest BCUT2D eigenvalue weighted by molar-refractivity contribution is 0.0390. The summed E-state index contributed by atoms with van der Waals surface area (Å²) in [4.78, 5) is 2.34. The van der Waals surface area contributed by atoms with Crippen LogP contribution in [0.25, 0.3) is 0 Å². The molecule has 0 aromatic rings. The van der Waals surface area contributed by atoms with Crippen LogP contribution in [0.2, 0.25) is 0 Å². The number of hydrogen-bond acceptors (Lipinski definition) is 2. The molecule has 2 aliphatic rings. The summed E-state index contributed by atoms with van der Waals surface area (Å²) < 4.78 is 0. The fourth-order valence-electron chi connectivity index (χ4n) is 2.14. The van der Waals surface area contributed by atoms with E-state index in [0.717, 1.165) is 19.4 Å². The Kier molecular flexibility index (Phi) is 1.69. The van der Waals surface area contributed by atoms with Gasteiger partial charge in [-0.05, 0) is 39.3 Å². The zero-order valence-electron chi connectivity index (χ0n) is 7.21. The lowest BCUT2D eigenvalue weighted by Gasteiger charge is -2.32. The first kappa shape index (κ1) is 7.56. The van der Waals surface area contributed by atoms with Crippen LogP contribution in [-0.4, -0.2) is 35.7 Å². The molecule has 2 fully saturated rings. The average Bonchev–Trinajstić information content (AvgIpc) is 2.70. The molecular weight excluding hydrogens is 138 g/mol. The van der Waals surface area contributed by atoms with E-state index in [1.807, 2.05) is 0 Å². The highest BCUT2D eigenvalue weighted by molar-refractivity contribution is 5.00. The Labute approximate surface area is 68.2 Å². The van der Waals surface area contributed by atoms with E-state index in [4.69, 9.17) is 0 Å². The Balaban J connectivity index is 1.93. The maximum atomic E-state index is 9.84. The SMILES string of the molecule is CN1CCC[C@H](C2(O)CC2)C1. The quantitative estimate of drug-likeness (QED) is 0.607. The summed E-state index contributed by atoms with van der Waals surface area (Å²) in [7, 11) is 2.15. The van der Waals surface area contributed by atoms with Crippen LogP contribution in [0, 0.1) is 5.92 Å². The summed E-state index contributed by atoms with van der Waals surface area (Å²) in [6.07, 6.45) is 4.60. The molecule has 0 amide bonds. The summed E-state index contributed by atoms with van der Waals surface area (Å²) in [6, 6.07) is 0. The van der Waals surface area contributed by atoms with Crippen molar-refractivity contribution < 1.29 is 5.11 Å². The van der Waals surface area contributed by atoms with Gasteiger partial charge in [0.15, 0.2) is 0 Å². The Morgan fingerprint density at radius 2 is 2.18 bits per heavy atom. The minimum atomic E-state index is -0.241. The summed E-state index contributed by atoms with van der Waals surface area (Å²) in [6.45, 7) is 2.32. The van der Waals surface area contributed by atoms with Gasteiger partial charge < -0.3 is 10.0 Å². The van der Waals surface area contributed by atoms with Crippen molar-refractivity contribution in [1.29, 1.82) is 0 Å². The van der Waals surface area contributed by atoms with Crippen molar-refractivity contribution >= 4 is 0 Å². The zero-order chi connectivity index (χ0) is 7.90. The van der Waals surface area contributed by atoms with Crippen LogP contribution in [0.4, 0.5) is 0 Å². The highest BCUT2D eigenvalue weighted by Crippen LogP contribution is 2.45. The Morgan fingerprint density at radius 3 is 2.73 bits per heavy atom. The van der Waals surface area contributed by atoms with Crippen LogP contribution < -0.4 is 0 Å². The minimum Gasteiger partial charge on any atom is -0.390 e. The third-order valence-electron chi connectivity index (χ3n) is 3.15. The second-order valence-electron chi connectivity index (χ2n) is 4.20. The molecule has 2 heteroatoms. The van der Waals surface area contributed by atoms with E-state index in [0.29, 0.717) is 5.92 Å². The molecule has 0 bridgehead atoms. The van der Waals surface area contributed by atoms with Crippen LogP contribution >= 0.6 is 0 Å². The fourth-order valence-corrected chi connectivity index (χ4v) is 2.14. The molecule has 0 spiro atoms. The summed E-state index contributed by atoms with van der Waals surface area (Å²) in [5.74, 6) is 0.571. The molecule has 1 heterocycles. The lowest BCUT2D eigenvalue weighted by atomic mass is 9.91. The molecular formula is C9H17NO. The van der Waals surface area contributed by atoms with Gasteiger partial charge in [-0.25, -0.2) is 0 Å². The lowest BCUT2D eigenvalue weighted by Crippen LogP contribution is -2.39. The molecule has 1 atom stereocenters. The second-order valence-corrected chi connectivity index (χ2v) is 4.20. The molecule has 0 aromatic heterocycles. The van der Waals surface area contributed by atoms with Gasteiger partial charge >= 0.3 is 0 Å². The third kappa shape index (κ3) is 1.42. The van der Waals surface area contributed by atoms with E-state index < -0.39 is 0 Å². The van der Waals surface area contributed by atoms with Crippen molar-refractivity contribution in [2.45, 2.75) is 31.3 Å². The Bertz CT molecular complexity index is 154. The number of likely N-dealkylation sites (tertiary alicyclic amines) is 1. The fraction of sp³-hybridized carbons (Fsp3) is 1.00. The first-order valence-electron chi connectivity index (χ1n) is 4.62. The van der Waals surface area contributed by atoms with Gasteiger partial charge in [-0.3, -0.25) is 0 Å². The first-order chi connectivity index (χ1) is 5.21. The summed E-state index contributed by atoms with van der Waals surface area (Å²) in [5, 5.41) is 9.84. The second kappa shape index (κ2) is 2.46. The molecule has 2 rings (SSSR count). The van der Waals surface area contributed by atoms with E-state index in [1.54, 1.807) is 0 Å². The van der Waals surface area contributed by atoms with Crippen molar-refractivity contribution in [3.8, 4) is 0 Å². The number of rotatable bonds is 1.